The summed E-state index contributed by atoms with van der Waals surface area (Å²) in [5.74, 6) is -0.885. The van der Waals surface area contributed by atoms with E-state index in [0.29, 0.717) is 17.0 Å². The first kappa shape index (κ1) is 23.7. The van der Waals surface area contributed by atoms with Crippen molar-refractivity contribution in [2.24, 2.45) is 5.10 Å². The standard InChI is InChI=1S/C19H20Cl2N4O4S/c1-12(14-5-4-6-16(9-14)22-13(2)26)23-24-19(27)11-25(30(3,28)29)18-10-15(20)7-8-17(18)21/h4-10H,11H2,1-3H3,(H,22,26)(H,24,27)/b23-12-. The molecule has 11 heteroatoms. The van der Waals surface area contributed by atoms with Gasteiger partial charge in [-0.15, -0.1) is 0 Å². The second-order valence-corrected chi connectivity index (χ2v) is 9.11. The van der Waals surface area contributed by atoms with Gasteiger partial charge in [-0.25, -0.2) is 13.8 Å². The van der Waals surface area contributed by atoms with Gasteiger partial charge in [-0.3, -0.25) is 13.9 Å². The van der Waals surface area contributed by atoms with E-state index < -0.39 is 22.5 Å². The number of nitrogens with zero attached hydrogens (tertiary/aromatic N) is 2. The van der Waals surface area contributed by atoms with E-state index >= 15 is 0 Å². The molecule has 0 spiro atoms. The van der Waals surface area contributed by atoms with Gasteiger partial charge >= 0.3 is 0 Å². The topological polar surface area (TPSA) is 108 Å². The normalized spacial score (nSPS) is 11.7. The van der Waals surface area contributed by atoms with Crippen LogP contribution >= 0.6 is 23.2 Å². The van der Waals surface area contributed by atoms with E-state index in [4.69, 9.17) is 23.2 Å². The molecule has 0 aromatic heterocycles. The second-order valence-electron chi connectivity index (χ2n) is 6.36. The van der Waals surface area contributed by atoms with Gasteiger partial charge in [0.05, 0.1) is 22.7 Å². The third kappa shape index (κ3) is 6.72. The van der Waals surface area contributed by atoms with E-state index in [-0.39, 0.29) is 21.6 Å². The number of anilines is 2. The van der Waals surface area contributed by atoms with Gasteiger partial charge in [0, 0.05) is 17.6 Å². The molecule has 0 saturated carbocycles. The molecule has 2 aromatic rings. The lowest BCUT2D eigenvalue weighted by Gasteiger charge is -2.22. The van der Waals surface area contributed by atoms with Crippen molar-refractivity contribution in [2.75, 3.05) is 22.4 Å². The van der Waals surface area contributed by atoms with Crippen molar-refractivity contribution in [1.82, 2.24) is 5.43 Å². The molecule has 160 valence electrons. The zero-order chi connectivity index (χ0) is 22.5. The summed E-state index contributed by atoms with van der Waals surface area (Å²) in [6.07, 6.45) is 0.958. The van der Waals surface area contributed by atoms with Crippen molar-refractivity contribution in [3.63, 3.8) is 0 Å². The lowest BCUT2D eigenvalue weighted by molar-refractivity contribution is -0.119. The van der Waals surface area contributed by atoms with Crippen LogP contribution in [0.25, 0.3) is 0 Å². The van der Waals surface area contributed by atoms with E-state index in [9.17, 15) is 18.0 Å². The van der Waals surface area contributed by atoms with Crippen molar-refractivity contribution >= 4 is 62.1 Å². The minimum Gasteiger partial charge on any atom is -0.326 e. The summed E-state index contributed by atoms with van der Waals surface area (Å²) in [6, 6.07) is 11.2. The molecule has 2 N–H and O–H groups in total. The van der Waals surface area contributed by atoms with Crippen LogP contribution in [0.2, 0.25) is 10.0 Å². The zero-order valence-electron chi connectivity index (χ0n) is 16.4. The van der Waals surface area contributed by atoms with Crippen LogP contribution in [-0.2, 0) is 19.6 Å². The number of nitrogens with one attached hydrogen (secondary N) is 2. The van der Waals surface area contributed by atoms with Crippen LogP contribution in [0, 0.1) is 0 Å². The minimum absolute atomic E-state index is 0.0885. The summed E-state index contributed by atoms with van der Waals surface area (Å²) in [7, 11) is -3.82. The number of hydrazone groups is 1. The first-order valence-electron chi connectivity index (χ1n) is 8.61. The van der Waals surface area contributed by atoms with Crippen LogP contribution < -0.4 is 15.0 Å². The molecule has 2 aromatic carbocycles. The maximum Gasteiger partial charge on any atom is 0.260 e. The van der Waals surface area contributed by atoms with Crippen molar-refractivity contribution in [2.45, 2.75) is 13.8 Å². The first-order chi connectivity index (χ1) is 14.0. The van der Waals surface area contributed by atoms with Gasteiger partial charge in [-0.2, -0.15) is 5.10 Å². The number of carbonyl (C=O) groups is 2. The highest BCUT2D eigenvalue weighted by atomic mass is 35.5. The summed E-state index contributed by atoms with van der Waals surface area (Å²) >= 11 is 12.0. The van der Waals surface area contributed by atoms with E-state index in [0.717, 1.165) is 10.6 Å². The Hall–Kier alpha value is -2.62. The summed E-state index contributed by atoms with van der Waals surface area (Å²) in [4.78, 5) is 23.5. The average molecular weight is 471 g/mol. The SMILES string of the molecule is CC(=O)Nc1cccc(/C(C)=N\NC(=O)CN(c2cc(Cl)ccc2Cl)S(C)(=O)=O)c1. The van der Waals surface area contributed by atoms with Gasteiger partial charge < -0.3 is 5.32 Å². The van der Waals surface area contributed by atoms with Gasteiger partial charge in [-0.05, 0) is 42.8 Å². The molecule has 0 aliphatic carbocycles. The molecule has 0 fully saturated rings. The Morgan fingerprint density at radius 2 is 1.80 bits per heavy atom. The molecule has 2 rings (SSSR count). The Labute approximate surface area is 184 Å². The molecular weight excluding hydrogens is 451 g/mol. The highest BCUT2D eigenvalue weighted by Crippen LogP contribution is 2.30. The molecule has 0 atom stereocenters. The fourth-order valence-electron chi connectivity index (χ4n) is 2.46. The Kier molecular flexibility index (Phi) is 7.83. The Bertz CT molecular complexity index is 1100. The smallest absolute Gasteiger partial charge is 0.260 e. The van der Waals surface area contributed by atoms with Gasteiger partial charge in [0.15, 0.2) is 0 Å². The minimum atomic E-state index is -3.82. The third-order valence-electron chi connectivity index (χ3n) is 3.81. The lowest BCUT2D eigenvalue weighted by Crippen LogP contribution is -2.39. The summed E-state index contributed by atoms with van der Waals surface area (Å²) < 4.78 is 25.2. The number of hydrogen-bond acceptors (Lipinski definition) is 5. The fourth-order valence-corrected chi connectivity index (χ4v) is 3.76. The number of rotatable bonds is 7. The predicted molar refractivity (Wildman–Crippen MR) is 120 cm³/mol. The van der Waals surface area contributed by atoms with Crippen LogP contribution in [0.5, 0.6) is 0 Å². The summed E-state index contributed by atoms with van der Waals surface area (Å²) in [6.45, 7) is 2.52. The Morgan fingerprint density at radius 3 is 2.43 bits per heavy atom. The highest BCUT2D eigenvalue weighted by Gasteiger charge is 2.23. The fraction of sp³-hybridized carbons (Fsp3) is 0.211. The molecule has 30 heavy (non-hydrogen) atoms. The molecule has 2 amide bonds. The average Bonchev–Trinajstić information content (AvgIpc) is 2.65. The number of hydrogen-bond donors (Lipinski definition) is 2. The number of carbonyl (C=O) groups excluding carboxylic acids is 2. The quantitative estimate of drug-likeness (QED) is 0.477. The molecule has 0 unspecified atom stereocenters. The van der Waals surface area contributed by atoms with Gasteiger partial charge in [-0.1, -0.05) is 35.3 Å². The molecule has 0 bridgehead atoms. The largest absolute Gasteiger partial charge is 0.326 e. The molecule has 0 heterocycles. The van der Waals surface area contributed by atoms with Gasteiger partial charge in [0.25, 0.3) is 5.91 Å². The summed E-state index contributed by atoms with van der Waals surface area (Å²) in [5, 5.41) is 7.07. The van der Waals surface area contributed by atoms with Crippen molar-refractivity contribution in [3.8, 4) is 0 Å². The number of halogens is 2. The Morgan fingerprint density at radius 1 is 1.10 bits per heavy atom. The van der Waals surface area contributed by atoms with Gasteiger partial charge in [0.2, 0.25) is 15.9 Å². The molecule has 0 saturated heterocycles. The van der Waals surface area contributed by atoms with E-state index in [1.54, 1.807) is 31.2 Å². The molecule has 0 radical (unpaired) electrons. The maximum atomic E-state index is 12.4. The molecule has 0 aliphatic rings. The monoisotopic (exact) mass is 470 g/mol. The maximum absolute atomic E-state index is 12.4. The van der Waals surface area contributed by atoms with Crippen molar-refractivity contribution < 1.29 is 18.0 Å². The van der Waals surface area contributed by atoms with Crippen LogP contribution in [0.3, 0.4) is 0 Å². The van der Waals surface area contributed by atoms with Crippen LogP contribution in [0.15, 0.2) is 47.6 Å². The van der Waals surface area contributed by atoms with Crippen LogP contribution in [-0.4, -0.2) is 38.7 Å². The summed E-state index contributed by atoms with van der Waals surface area (Å²) in [5.41, 5.74) is 4.13. The van der Waals surface area contributed by atoms with E-state index in [1.165, 1.54) is 25.1 Å². The van der Waals surface area contributed by atoms with Crippen molar-refractivity contribution in [1.29, 1.82) is 0 Å². The third-order valence-corrected chi connectivity index (χ3v) is 5.49. The molecule has 0 aliphatic heterocycles. The highest BCUT2D eigenvalue weighted by molar-refractivity contribution is 7.92. The second kappa shape index (κ2) is 9.92. The van der Waals surface area contributed by atoms with E-state index in [1.807, 2.05) is 0 Å². The number of sulfonamides is 1. The van der Waals surface area contributed by atoms with Crippen LogP contribution in [0.4, 0.5) is 11.4 Å². The zero-order valence-corrected chi connectivity index (χ0v) is 18.8. The lowest BCUT2D eigenvalue weighted by atomic mass is 10.1. The first-order valence-corrected chi connectivity index (χ1v) is 11.2. The van der Waals surface area contributed by atoms with E-state index in [2.05, 4.69) is 15.8 Å². The van der Waals surface area contributed by atoms with Crippen LogP contribution in [0.1, 0.15) is 19.4 Å². The van der Waals surface area contributed by atoms with Crippen molar-refractivity contribution in [3.05, 3.63) is 58.1 Å². The predicted octanol–water partition coefficient (Wildman–Crippen LogP) is 3.26. The van der Waals surface area contributed by atoms with Gasteiger partial charge in [0.1, 0.15) is 6.54 Å². The Balaban J connectivity index is 2.18. The number of amides is 2. The molecule has 8 nitrogen and oxygen atoms in total. The number of benzene rings is 2. The molecular formula is C19H20Cl2N4O4S.